The van der Waals surface area contributed by atoms with E-state index in [0.29, 0.717) is 0 Å². The van der Waals surface area contributed by atoms with Crippen molar-refractivity contribution < 1.29 is 9.90 Å². The zero-order valence-corrected chi connectivity index (χ0v) is 12.0. The molecule has 0 atom stereocenters. The van der Waals surface area contributed by atoms with Gasteiger partial charge in [-0.15, -0.1) is 11.3 Å². The van der Waals surface area contributed by atoms with Gasteiger partial charge in [0.2, 0.25) is 0 Å². The van der Waals surface area contributed by atoms with E-state index in [0.717, 1.165) is 11.3 Å². The van der Waals surface area contributed by atoms with Gasteiger partial charge in [-0.25, -0.2) is 4.79 Å². The Morgan fingerprint density at radius 2 is 2.00 bits per heavy atom. The van der Waals surface area contributed by atoms with Crippen molar-refractivity contribution in [3.63, 3.8) is 0 Å². The molecule has 0 amide bonds. The van der Waals surface area contributed by atoms with Crippen molar-refractivity contribution in [3.05, 3.63) is 52.4 Å². The van der Waals surface area contributed by atoms with Crippen molar-refractivity contribution in [1.29, 1.82) is 0 Å². The molecule has 1 aromatic carbocycles. The maximum absolute atomic E-state index is 10.6. The molecule has 1 aliphatic carbocycles. The van der Waals surface area contributed by atoms with Gasteiger partial charge >= 0.3 is 5.97 Å². The molecule has 1 heterocycles. The first kappa shape index (κ1) is 13.1. The van der Waals surface area contributed by atoms with Crippen LogP contribution in [0.5, 0.6) is 0 Å². The van der Waals surface area contributed by atoms with Gasteiger partial charge < -0.3 is 5.11 Å². The molecular weight excluding hydrogens is 268 g/mol. The van der Waals surface area contributed by atoms with Crippen LogP contribution in [0.15, 0.2) is 36.4 Å². The minimum absolute atomic E-state index is 0.906. The van der Waals surface area contributed by atoms with Crippen LogP contribution in [0.25, 0.3) is 16.5 Å². The lowest BCUT2D eigenvalue weighted by atomic mass is 9.88. The molecule has 0 saturated heterocycles. The summed E-state index contributed by atoms with van der Waals surface area (Å²) in [6.45, 7) is 0. The minimum atomic E-state index is -0.906. The van der Waals surface area contributed by atoms with Crippen LogP contribution in [0.3, 0.4) is 0 Å². The molecule has 0 radical (unpaired) electrons. The van der Waals surface area contributed by atoms with Crippen LogP contribution < -0.4 is 0 Å². The van der Waals surface area contributed by atoms with E-state index in [1.165, 1.54) is 46.9 Å². The van der Waals surface area contributed by atoms with Gasteiger partial charge in [-0.2, -0.15) is 0 Å². The third-order valence-electron chi connectivity index (χ3n) is 3.68. The molecule has 1 aromatic heterocycles. The minimum Gasteiger partial charge on any atom is -0.478 e. The van der Waals surface area contributed by atoms with Crippen molar-refractivity contribution in [1.82, 2.24) is 0 Å². The van der Waals surface area contributed by atoms with E-state index in [4.69, 9.17) is 5.11 Å². The van der Waals surface area contributed by atoms with Gasteiger partial charge in [-0.05, 0) is 60.6 Å². The highest BCUT2D eigenvalue weighted by atomic mass is 32.1. The molecule has 3 heteroatoms. The van der Waals surface area contributed by atoms with Gasteiger partial charge in [0.25, 0.3) is 0 Å². The van der Waals surface area contributed by atoms with Gasteiger partial charge in [-0.1, -0.05) is 18.2 Å². The normalized spacial score (nSPS) is 14.4. The molecule has 102 valence electrons. The Bertz CT molecular complexity index is 667. The number of fused-ring (bicyclic) bond motifs is 1. The van der Waals surface area contributed by atoms with Gasteiger partial charge in [0, 0.05) is 15.8 Å². The highest BCUT2D eigenvalue weighted by Gasteiger charge is 2.14. The zero-order valence-electron chi connectivity index (χ0n) is 11.1. The summed E-state index contributed by atoms with van der Waals surface area (Å²) >= 11 is 1.65. The summed E-state index contributed by atoms with van der Waals surface area (Å²) in [7, 11) is 0. The molecule has 0 bridgehead atoms. The number of benzene rings is 1. The summed E-state index contributed by atoms with van der Waals surface area (Å²) in [5.74, 6) is -0.906. The summed E-state index contributed by atoms with van der Waals surface area (Å²) in [4.78, 5) is 12.8. The molecule has 2 aromatic rings. The molecule has 3 rings (SSSR count). The maximum Gasteiger partial charge on any atom is 0.328 e. The molecule has 0 unspecified atom stereocenters. The van der Waals surface area contributed by atoms with E-state index in [9.17, 15) is 4.79 Å². The van der Waals surface area contributed by atoms with Crippen LogP contribution in [0.1, 0.15) is 28.8 Å². The average molecular weight is 284 g/mol. The van der Waals surface area contributed by atoms with Crippen LogP contribution in [0.4, 0.5) is 0 Å². The third-order valence-corrected chi connectivity index (χ3v) is 4.76. The third kappa shape index (κ3) is 2.68. The van der Waals surface area contributed by atoms with Gasteiger partial charge in [0.15, 0.2) is 0 Å². The lowest BCUT2D eigenvalue weighted by molar-refractivity contribution is -0.131. The smallest absolute Gasteiger partial charge is 0.328 e. The average Bonchev–Trinajstić information content (AvgIpc) is 2.93. The van der Waals surface area contributed by atoms with Crippen LogP contribution >= 0.6 is 11.3 Å². The largest absolute Gasteiger partial charge is 0.478 e. The molecule has 0 saturated carbocycles. The predicted octanol–water partition coefficient (Wildman–Crippen LogP) is 4.39. The van der Waals surface area contributed by atoms with Gasteiger partial charge in [0.05, 0.1) is 0 Å². The second kappa shape index (κ2) is 5.63. The molecule has 1 N–H and O–H groups in total. The summed E-state index contributed by atoms with van der Waals surface area (Å²) in [5.41, 5.74) is 4.28. The molecule has 1 aliphatic rings. The van der Waals surface area contributed by atoms with Crippen LogP contribution in [-0.4, -0.2) is 11.1 Å². The lowest BCUT2D eigenvalue weighted by Crippen LogP contribution is -2.03. The van der Waals surface area contributed by atoms with E-state index in [2.05, 4.69) is 24.3 Å². The standard InChI is InChI=1S/C17H16O2S/c18-17(19)11-9-13-8-10-16(20-13)15-7-3-5-12-4-1-2-6-14(12)15/h3,5,7-11H,1-2,4,6H2,(H,18,19)/b11-9+. The molecular formula is C17H16O2S. The topological polar surface area (TPSA) is 37.3 Å². The highest BCUT2D eigenvalue weighted by molar-refractivity contribution is 7.16. The quantitative estimate of drug-likeness (QED) is 0.849. The van der Waals surface area contributed by atoms with Gasteiger partial charge in [0.1, 0.15) is 0 Å². The first-order chi connectivity index (χ1) is 9.74. The summed E-state index contributed by atoms with van der Waals surface area (Å²) in [5, 5.41) is 8.67. The molecule has 0 fully saturated rings. The Labute approximate surface area is 122 Å². The Morgan fingerprint density at radius 1 is 1.15 bits per heavy atom. The van der Waals surface area contributed by atoms with E-state index >= 15 is 0 Å². The Morgan fingerprint density at radius 3 is 2.85 bits per heavy atom. The first-order valence-corrected chi connectivity index (χ1v) is 7.67. The van der Waals surface area contributed by atoms with Crippen molar-refractivity contribution in [2.75, 3.05) is 0 Å². The number of carbonyl (C=O) groups is 1. The van der Waals surface area contributed by atoms with Crippen molar-refractivity contribution >= 4 is 23.4 Å². The fourth-order valence-corrected chi connectivity index (χ4v) is 3.72. The Kier molecular flexibility index (Phi) is 3.70. The summed E-state index contributed by atoms with van der Waals surface area (Å²) in [6.07, 6.45) is 7.74. The van der Waals surface area contributed by atoms with Crippen molar-refractivity contribution in [3.8, 4) is 10.4 Å². The lowest BCUT2D eigenvalue weighted by Gasteiger charge is -2.18. The molecule has 20 heavy (non-hydrogen) atoms. The first-order valence-electron chi connectivity index (χ1n) is 6.86. The number of aliphatic carboxylic acids is 1. The number of carboxylic acid groups (broad SMARTS) is 1. The monoisotopic (exact) mass is 284 g/mol. The van der Waals surface area contributed by atoms with Crippen molar-refractivity contribution in [2.45, 2.75) is 25.7 Å². The van der Waals surface area contributed by atoms with Gasteiger partial charge in [-0.3, -0.25) is 0 Å². The van der Waals surface area contributed by atoms with Crippen LogP contribution in [-0.2, 0) is 17.6 Å². The van der Waals surface area contributed by atoms with E-state index in [-0.39, 0.29) is 0 Å². The van der Waals surface area contributed by atoms with E-state index in [1.54, 1.807) is 17.4 Å². The summed E-state index contributed by atoms with van der Waals surface area (Å²) in [6, 6.07) is 10.6. The van der Waals surface area contributed by atoms with Crippen LogP contribution in [0.2, 0.25) is 0 Å². The number of hydrogen-bond acceptors (Lipinski definition) is 2. The summed E-state index contributed by atoms with van der Waals surface area (Å²) < 4.78 is 0. The van der Waals surface area contributed by atoms with E-state index in [1.807, 2.05) is 6.07 Å². The second-order valence-corrected chi connectivity index (χ2v) is 6.14. The predicted molar refractivity (Wildman–Crippen MR) is 83.1 cm³/mol. The van der Waals surface area contributed by atoms with Crippen LogP contribution in [0, 0.1) is 0 Å². The number of thiophene rings is 1. The number of hydrogen-bond donors (Lipinski definition) is 1. The van der Waals surface area contributed by atoms with Crippen molar-refractivity contribution in [2.24, 2.45) is 0 Å². The number of aryl methyl sites for hydroxylation is 1. The maximum atomic E-state index is 10.6. The number of rotatable bonds is 3. The Balaban J connectivity index is 1.96. The van der Waals surface area contributed by atoms with E-state index < -0.39 is 5.97 Å². The zero-order chi connectivity index (χ0) is 13.9. The fraction of sp³-hybridized carbons (Fsp3) is 0.235. The SMILES string of the molecule is O=C(O)/C=C/c1ccc(-c2cccc3c2CCCC3)s1. The fourth-order valence-electron chi connectivity index (χ4n) is 2.75. The molecule has 0 aliphatic heterocycles. The molecule has 2 nitrogen and oxygen atoms in total. The number of carboxylic acids is 1. The Hall–Kier alpha value is -1.87. The molecule has 0 spiro atoms. The highest BCUT2D eigenvalue weighted by Crippen LogP contribution is 2.35. The second-order valence-electron chi connectivity index (χ2n) is 5.02.